The van der Waals surface area contributed by atoms with Crippen molar-refractivity contribution in [2.45, 2.75) is 13.3 Å². The van der Waals surface area contributed by atoms with Crippen LogP contribution in [0.5, 0.6) is 11.5 Å². The number of carbonyl (C=O) groups is 1. The van der Waals surface area contributed by atoms with E-state index >= 15 is 0 Å². The van der Waals surface area contributed by atoms with E-state index in [0.717, 1.165) is 33.5 Å². The molecule has 0 saturated heterocycles. The van der Waals surface area contributed by atoms with Gasteiger partial charge in [0.2, 0.25) is 5.91 Å². The van der Waals surface area contributed by atoms with Crippen molar-refractivity contribution in [3.63, 3.8) is 0 Å². The van der Waals surface area contributed by atoms with Crippen LogP contribution in [0.3, 0.4) is 0 Å². The van der Waals surface area contributed by atoms with Gasteiger partial charge in [-0.3, -0.25) is 14.8 Å². The molecule has 0 fully saturated rings. The predicted octanol–water partition coefficient (Wildman–Crippen LogP) is 4.75. The van der Waals surface area contributed by atoms with Crippen LogP contribution >= 0.6 is 0 Å². The molecule has 0 unspecified atom stereocenters. The molecule has 0 aliphatic rings. The van der Waals surface area contributed by atoms with E-state index in [4.69, 9.17) is 10.5 Å². The molecule has 5 heteroatoms. The highest BCUT2D eigenvalue weighted by Crippen LogP contribution is 2.28. The van der Waals surface area contributed by atoms with Crippen LogP contribution in [-0.4, -0.2) is 15.9 Å². The molecule has 138 valence electrons. The van der Waals surface area contributed by atoms with Gasteiger partial charge in [0.15, 0.2) is 0 Å². The number of benzene rings is 2. The average Bonchev–Trinajstić information content (AvgIpc) is 2.73. The first-order valence-corrected chi connectivity index (χ1v) is 9.06. The number of aryl methyl sites for hydroxylation is 1. The number of nitrogens with zero attached hydrogens (tertiary/aromatic N) is 2. The maximum absolute atomic E-state index is 11.6. The maximum Gasteiger partial charge on any atom is 0.248 e. The van der Waals surface area contributed by atoms with E-state index in [-0.39, 0.29) is 0 Å². The number of hydrogen-bond acceptors (Lipinski definition) is 4. The third-order valence-electron chi connectivity index (χ3n) is 4.59. The van der Waals surface area contributed by atoms with Crippen molar-refractivity contribution in [3.8, 4) is 22.8 Å². The summed E-state index contributed by atoms with van der Waals surface area (Å²) in [4.78, 5) is 20.3. The highest BCUT2D eigenvalue weighted by Gasteiger charge is 2.10. The van der Waals surface area contributed by atoms with E-state index in [1.54, 1.807) is 18.5 Å². The quantitative estimate of drug-likeness (QED) is 0.551. The largest absolute Gasteiger partial charge is 0.457 e. The lowest BCUT2D eigenvalue weighted by molar-refractivity contribution is 0.0999. The second-order valence-electron chi connectivity index (χ2n) is 6.43. The Morgan fingerprint density at radius 2 is 1.82 bits per heavy atom. The molecule has 2 aromatic heterocycles. The summed E-state index contributed by atoms with van der Waals surface area (Å²) in [7, 11) is 0. The number of rotatable bonds is 5. The number of nitrogens with two attached hydrogens (primary N) is 1. The Bertz CT molecular complexity index is 1170. The van der Waals surface area contributed by atoms with E-state index in [0.29, 0.717) is 17.7 Å². The van der Waals surface area contributed by atoms with E-state index in [1.807, 2.05) is 61.5 Å². The molecule has 2 N–H and O–H groups in total. The van der Waals surface area contributed by atoms with E-state index in [2.05, 4.69) is 9.97 Å². The summed E-state index contributed by atoms with van der Waals surface area (Å²) < 4.78 is 6.03. The molecule has 1 amide bonds. The molecule has 28 heavy (non-hydrogen) atoms. The summed E-state index contributed by atoms with van der Waals surface area (Å²) in [6.45, 7) is 1.99. The van der Waals surface area contributed by atoms with Crippen molar-refractivity contribution < 1.29 is 9.53 Å². The number of aromatic nitrogens is 2. The van der Waals surface area contributed by atoms with Gasteiger partial charge >= 0.3 is 0 Å². The number of carbonyl (C=O) groups excluding carboxylic acids is 1. The minimum Gasteiger partial charge on any atom is -0.457 e. The van der Waals surface area contributed by atoms with Crippen molar-refractivity contribution in [2.75, 3.05) is 0 Å². The molecule has 0 radical (unpaired) electrons. The SMILES string of the molecule is CCc1cc(-c2cc(Oc3ccc4ncccc4c3)ccn2)ccc1C(N)=O. The summed E-state index contributed by atoms with van der Waals surface area (Å²) in [5, 5.41) is 1.02. The fourth-order valence-corrected chi connectivity index (χ4v) is 3.17. The number of pyridine rings is 2. The lowest BCUT2D eigenvalue weighted by Crippen LogP contribution is -2.13. The van der Waals surface area contributed by atoms with Crippen LogP contribution in [0.25, 0.3) is 22.2 Å². The Labute approximate surface area is 162 Å². The second-order valence-corrected chi connectivity index (χ2v) is 6.43. The number of fused-ring (bicyclic) bond motifs is 1. The number of primary amides is 1. The third kappa shape index (κ3) is 3.55. The first-order valence-electron chi connectivity index (χ1n) is 9.06. The van der Waals surface area contributed by atoms with Crippen LogP contribution in [-0.2, 0) is 6.42 Å². The van der Waals surface area contributed by atoms with Crippen LogP contribution in [0, 0.1) is 0 Å². The Morgan fingerprint density at radius 3 is 2.64 bits per heavy atom. The summed E-state index contributed by atoms with van der Waals surface area (Å²) in [6, 6.07) is 18.9. The molecular formula is C23H19N3O2. The van der Waals surface area contributed by atoms with Crippen molar-refractivity contribution in [1.29, 1.82) is 0 Å². The minimum absolute atomic E-state index is 0.417. The zero-order chi connectivity index (χ0) is 19.5. The molecule has 4 aromatic rings. The van der Waals surface area contributed by atoms with Crippen LogP contribution in [0.4, 0.5) is 0 Å². The molecule has 0 spiro atoms. The fourth-order valence-electron chi connectivity index (χ4n) is 3.17. The Kier molecular flexibility index (Phi) is 4.72. The summed E-state index contributed by atoms with van der Waals surface area (Å²) in [5.74, 6) is 1.00. The van der Waals surface area contributed by atoms with Crippen molar-refractivity contribution in [2.24, 2.45) is 5.73 Å². The molecule has 2 aromatic carbocycles. The molecule has 4 rings (SSSR count). The Balaban J connectivity index is 1.65. The van der Waals surface area contributed by atoms with Gasteiger partial charge < -0.3 is 10.5 Å². The zero-order valence-electron chi connectivity index (χ0n) is 15.4. The maximum atomic E-state index is 11.6. The normalized spacial score (nSPS) is 10.8. The molecule has 0 aliphatic carbocycles. The number of ether oxygens (including phenoxy) is 1. The topological polar surface area (TPSA) is 78.1 Å². The minimum atomic E-state index is -0.417. The van der Waals surface area contributed by atoms with Gasteiger partial charge in [-0.2, -0.15) is 0 Å². The predicted molar refractivity (Wildman–Crippen MR) is 109 cm³/mol. The van der Waals surface area contributed by atoms with Gasteiger partial charge in [0.05, 0.1) is 11.2 Å². The van der Waals surface area contributed by atoms with Gasteiger partial charge in [0.25, 0.3) is 0 Å². The monoisotopic (exact) mass is 369 g/mol. The van der Waals surface area contributed by atoms with Gasteiger partial charge in [-0.1, -0.05) is 19.1 Å². The molecule has 0 aliphatic heterocycles. The molecule has 0 saturated carbocycles. The number of amides is 1. The smallest absolute Gasteiger partial charge is 0.248 e. The molecular weight excluding hydrogens is 350 g/mol. The number of hydrogen-bond donors (Lipinski definition) is 1. The summed E-state index contributed by atoms with van der Waals surface area (Å²) >= 11 is 0. The van der Waals surface area contributed by atoms with E-state index in [1.165, 1.54) is 0 Å². The molecule has 5 nitrogen and oxygen atoms in total. The Morgan fingerprint density at radius 1 is 0.964 bits per heavy atom. The summed E-state index contributed by atoms with van der Waals surface area (Å²) in [6.07, 6.45) is 4.19. The van der Waals surface area contributed by atoms with Gasteiger partial charge in [-0.15, -0.1) is 0 Å². The van der Waals surface area contributed by atoms with Crippen LogP contribution in [0.1, 0.15) is 22.8 Å². The van der Waals surface area contributed by atoms with Gasteiger partial charge in [-0.05, 0) is 54.4 Å². The summed E-state index contributed by atoms with van der Waals surface area (Å²) in [5.41, 5.74) is 9.50. The van der Waals surface area contributed by atoms with Crippen molar-refractivity contribution in [3.05, 3.63) is 84.2 Å². The lowest BCUT2D eigenvalue weighted by atomic mass is 9.99. The van der Waals surface area contributed by atoms with Gasteiger partial charge in [0, 0.05) is 35.0 Å². The molecule has 2 heterocycles. The van der Waals surface area contributed by atoms with Crippen LogP contribution in [0.15, 0.2) is 73.1 Å². The fraction of sp³-hybridized carbons (Fsp3) is 0.0870. The highest BCUT2D eigenvalue weighted by atomic mass is 16.5. The van der Waals surface area contributed by atoms with E-state index < -0.39 is 5.91 Å². The standard InChI is InChI=1S/C23H19N3O2/c1-2-15-12-17(5-7-20(15)23(24)27)22-14-19(9-11-26-22)28-18-6-8-21-16(13-18)4-3-10-25-21/h3-14H,2H2,1H3,(H2,24,27). The molecule has 0 bridgehead atoms. The van der Waals surface area contributed by atoms with Gasteiger partial charge in [0.1, 0.15) is 11.5 Å². The second kappa shape index (κ2) is 7.48. The van der Waals surface area contributed by atoms with Gasteiger partial charge in [-0.25, -0.2) is 0 Å². The average molecular weight is 369 g/mol. The zero-order valence-corrected chi connectivity index (χ0v) is 15.4. The third-order valence-corrected chi connectivity index (χ3v) is 4.59. The van der Waals surface area contributed by atoms with Crippen LogP contribution in [0.2, 0.25) is 0 Å². The van der Waals surface area contributed by atoms with Crippen molar-refractivity contribution in [1.82, 2.24) is 9.97 Å². The van der Waals surface area contributed by atoms with E-state index in [9.17, 15) is 4.79 Å². The molecule has 0 atom stereocenters. The first kappa shape index (κ1) is 17.7. The Hall–Kier alpha value is -3.73. The highest BCUT2D eigenvalue weighted by molar-refractivity contribution is 5.95. The first-order chi connectivity index (χ1) is 13.6. The van der Waals surface area contributed by atoms with Crippen molar-refractivity contribution >= 4 is 16.8 Å². The van der Waals surface area contributed by atoms with Crippen LogP contribution < -0.4 is 10.5 Å². The lowest BCUT2D eigenvalue weighted by Gasteiger charge is -2.10.